The van der Waals surface area contributed by atoms with Gasteiger partial charge in [-0.2, -0.15) is 0 Å². The summed E-state index contributed by atoms with van der Waals surface area (Å²) < 4.78 is 0. The average Bonchev–Trinajstić information content (AvgIpc) is 2.72. The molecule has 0 aromatic heterocycles. The molecule has 0 fully saturated rings. The van der Waals surface area contributed by atoms with Crippen molar-refractivity contribution in [3.05, 3.63) is 59.2 Å². The van der Waals surface area contributed by atoms with E-state index in [1.165, 1.54) is 0 Å². The molecule has 0 spiro atoms. The molecule has 0 saturated heterocycles. The van der Waals surface area contributed by atoms with Crippen molar-refractivity contribution in [3.63, 3.8) is 0 Å². The fourth-order valence-electron chi connectivity index (χ4n) is 2.54. The lowest BCUT2D eigenvalue weighted by molar-refractivity contribution is -0.135. The number of fused-ring (bicyclic) bond motifs is 3. The zero-order valence-corrected chi connectivity index (χ0v) is 10.4. The van der Waals surface area contributed by atoms with Crippen LogP contribution in [0.25, 0.3) is 11.1 Å². The summed E-state index contributed by atoms with van der Waals surface area (Å²) in [5.74, 6) is -1.79. The lowest BCUT2D eigenvalue weighted by atomic mass is 9.95. The van der Waals surface area contributed by atoms with E-state index in [2.05, 4.69) is 0 Å². The van der Waals surface area contributed by atoms with E-state index >= 15 is 0 Å². The van der Waals surface area contributed by atoms with E-state index in [0.29, 0.717) is 27.8 Å². The maximum Gasteiger partial charge on any atom is 0.311 e. The topological polar surface area (TPSA) is 71.4 Å². The van der Waals surface area contributed by atoms with Gasteiger partial charge in [0.05, 0.1) is 0 Å². The van der Waals surface area contributed by atoms with Gasteiger partial charge in [0, 0.05) is 22.3 Å². The van der Waals surface area contributed by atoms with Crippen LogP contribution in [0.15, 0.2) is 42.5 Å². The quantitative estimate of drug-likeness (QED) is 0.584. The number of carboxylic acid groups (broad SMARTS) is 1. The van der Waals surface area contributed by atoms with Crippen molar-refractivity contribution in [2.24, 2.45) is 0 Å². The second kappa shape index (κ2) is 4.42. The molecule has 4 nitrogen and oxygen atoms in total. The van der Waals surface area contributed by atoms with Gasteiger partial charge in [0.15, 0.2) is 11.6 Å². The van der Waals surface area contributed by atoms with Gasteiger partial charge in [0.25, 0.3) is 0 Å². The highest BCUT2D eigenvalue weighted by molar-refractivity contribution is 6.25. The number of ketones is 2. The van der Waals surface area contributed by atoms with Crippen LogP contribution >= 0.6 is 0 Å². The summed E-state index contributed by atoms with van der Waals surface area (Å²) in [6.45, 7) is 0. The minimum atomic E-state index is -1.18. The molecule has 0 bridgehead atoms. The van der Waals surface area contributed by atoms with Crippen LogP contribution in [0.3, 0.4) is 0 Å². The van der Waals surface area contributed by atoms with E-state index in [-0.39, 0.29) is 5.78 Å². The van der Waals surface area contributed by atoms with Gasteiger partial charge < -0.3 is 5.11 Å². The molecule has 1 N–H and O–H groups in total. The summed E-state index contributed by atoms with van der Waals surface area (Å²) in [7, 11) is 0. The first kappa shape index (κ1) is 12.3. The standard InChI is InChI=1S/C16H10O4/c17-13(8-14(18)19)11-6-3-7-12-15(11)9-4-1-2-5-10(9)16(12)20/h1-7H,8H2,(H,18,19). The first-order chi connectivity index (χ1) is 9.59. The Bertz CT molecular complexity index is 759. The molecule has 4 heteroatoms. The molecule has 1 aliphatic carbocycles. The van der Waals surface area contributed by atoms with Crippen LogP contribution in [0.1, 0.15) is 32.7 Å². The Balaban J connectivity index is 2.22. The molecule has 0 aliphatic heterocycles. The number of benzene rings is 2. The Labute approximate surface area is 114 Å². The predicted octanol–water partition coefficient (Wildman–Crippen LogP) is 2.56. The van der Waals surface area contributed by atoms with Crippen LogP contribution in [-0.4, -0.2) is 22.6 Å². The number of carboxylic acids is 1. The Hall–Kier alpha value is -2.75. The highest BCUT2D eigenvalue weighted by Crippen LogP contribution is 2.39. The highest BCUT2D eigenvalue weighted by atomic mass is 16.4. The summed E-state index contributed by atoms with van der Waals surface area (Å²) in [6, 6.07) is 11.9. The Kier molecular flexibility index (Phi) is 2.71. The number of hydrogen-bond acceptors (Lipinski definition) is 3. The molecule has 0 atom stereocenters. The zero-order valence-electron chi connectivity index (χ0n) is 10.4. The summed E-state index contributed by atoms with van der Waals surface area (Å²) in [6.07, 6.45) is -0.577. The van der Waals surface area contributed by atoms with Crippen LogP contribution in [0.2, 0.25) is 0 Å². The van der Waals surface area contributed by atoms with Crippen LogP contribution in [0.5, 0.6) is 0 Å². The Morgan fingerprint density at radius 1 is 0.900 bits per heavy atom. The normalized spacial score (nSPS) is 11.9. The third kappa shape index (κ3) is 1.73. The van der Waals surface area contributed by atoms with E-state index in [4.69, 9.17) is 5.11 Å². The second-order valence-corrected chi connectivity index (χ2v) is 4.60. The van der Waals surface area contributed by atoms with Crippen LogP contribution in [0, 0.1) is 0 Å². The molecule has 3 rings (SSSR count). The molecular formula is C16H10O4. The number of hydrogen-bond donors (Lipinski definition) is 1. The van der Waals surface area contributed by atoms with E-state index in [1.807, 2.05) is 0 Å². The number of aliphatic carboxylic acids is 1. The highest BCUT2D eigenvalue weighted by Gasteiger charge is 2.30. The third-order valence-corrected chi connectivity index (χ3v) is 3.36. The van der Waals surface area contributed by atoms with E-state index in [1.54, 1.807) is 42.5 Å². The van der Waals surface area contributed by atoms with Gasteiger partial charge in [0.2, 0.25) is 0 Å². The van der Waals surface area contributed by atoms with Gasteiger partial charge in [-0.05, 0) is 5.56 Å². The summed E-state index contributed by atoms with van der Waals surface area (Å²) in [4.78, 5) is 35.0. The SMILES string of the molecule is O=C(O)CC(=O)c1cccc2c1-c1ccccc1C2=O. The van der Waals surface area contributed by atoms with Crippen molar-refractivity contribution >= 4 is 17.5 Å². The van der Waals surface area contributed by atoms with Crippen molar-refractivity contribution in [1.29, 1.82) is 0 Å². The summed E-state index contributed by atoms with van der Waals surface area (Å²) in [5.41, 5.74) is 2.56. The van der Waals surface area contributed by atoms with E-state index in [9.17, 15) is 14.4 Å². The number of carbonyl (C=O) groups excluding carboxylic acids is 2. The van der Waals surface area contributed by atoms with Crippen molar-refractivity contribution < 1.29 is 19.5 Å². The molecule has 0 amide bonds. The summed E-state index contributed by atoms with van der Waals surface area (Å²) in [5, 5.41) is 8.75. The number of Topliss-reactive ketones (excluding diaryl/α,β-unsaturated/α-hetero) is 1. The maximum atomic E-state index is 12.3. The van der Waals surface area contributed by atoms with Gasteiger partial charge >= 0.3 is 5.97 Å². The first-order valence-electron chi connectivity index (χ1n) is 6.11. The van der Waals surface area contributed by atoms with E-state index in [0.717, 1.165) is 0 Å². The molecule has 98 valence electrons. The van der Waals surface area contributed by atoms with Crippen molar-refractivity contribution in [2.45, 2.75) is 6.42 Å². The maximum absolute atomic E-state index is 12.3. The molecule has 20 heavy (non-hydrogen) atoms. The minimum Gasteiger partial charge on any atom is -0.481 e. The molecule has 0 unspecified atom stereocenters. The number of rotatable bonds is 3. The van der Waals surface area contributed by atoms with Crippen molar-refractivity contribution in [2.75, 3.05) is 0 Å². The second-order valence-electron chi connectivity index (χ2n) is 4.60. The molecule has 2 aromatic carbocycles. The molecule has 2 aromatic rings. The Morgan fingerprint density at radius 2 is 1.55 bits per heavy atom. The Morgan fingerprint density at radius 3 is 2.25 bits per heavy atom. The predicted molar refractivity (Wildman–Crippen MR) is 71.9 cm³/mol. The average molecular weight is 266 g/mol. The third-order valence-electron chi connectivity index (χ3n) is 3.36. The van der Waals surface area contributed by atoms with Gasteiger partial charge in [-0.1, -0.05) is 42.5 Å². The molecule has 0 saturated carbocycles. The van der Waals surface area contributed by atoms with Crippen LogP contribution < -0.4 is 0 Å². The molecule has 0 radical (unpaired) electrons. The fourth-order valence-corrected chi connectivity index (χ4v) is 2.54. The number of carbonyl (C=O) groups is 3. The molecule has 0 heterocycles. The zero-order chi connectivity index (χ0) is 14.3. The smallest absolute Gasteiger partial charge is 0.311 e. The molecule has 1 aliphatic rings. The largest absolute Gasteiger partial charge is 0.481 e. The molecular weight excluding hydrogens is 256 g/mol. The van der Waals surface area contributed by atoms with Gasteiger partial charge in [-0.15, -0.1) is 0 Å². The van der Waals surface area contributed by atoms with Gasteiger partial charge in [-0.3, -0.25) is 14.4 Å². The van der Waals surface area contributed by atoms with Crippen LogP contribution in [0.4, 0.5) is 0 Å². The van der Waals surface area contributed by atoms with Crippen molar-refractivity contribution in [3.8, 4) is 11.1 Å². The lowest BCUT2D eigenvalue weighted by Crippen LogP contribution is -2.08. The summed E-state index contributed by atoms with van der Waals surface area (Å²) >= 11 is 0. The fraction of sp³-hybridized carbons (Fsp3) is 0.0625. The van der Waals surface area contributed by atoms with Crippen molar-refractivity contribution in [1.82, 2.24) is 0 Å². The monoisotopic (exact) mass is 266 g/mol. The van der Waals surface area contributed by atoms with E-state index < -0.39 is 18.2 Å². The van der Waals surface area contributed by atoms with Gasteiger partial charge in [-0.25, -0.2) is 0 Å². The first-order valence-corrected chi connectivity index (χ1v) is 6.11. The minimum absolute atomic E-state index is 0.124. The van der Waals surface area contributed by atoms with Gasteiger partial charge in [0.1, 0.15) is 6.42 Å². The van der Waals surface area contributed by atoms with Crippen LogP contribution in [-0.2, 0) is 4.79 Å². The lowest BCUT2D eigenvalue weighted by Gasteiger charge is -2.06.